The summed E-state index contributed by atoms with van der Waals surface area (Å²) < 4.78 is 6.00. The summed E-state index contributed by atoms with van der Waals surface area (Å²) in [5.74, 6) is 0.721. The minimum Gasteiger partial charge on any atom is -0.487 e. The minimum absolute atomic E-state index is 0.0764. The van der Waals surface area contributed by atoms with Crippen LogP contribution in [-0.2, 0) is 11.2 Å². The fourth-order valence-corrected chi connectivity index (χ4v) is 4.00. The Bertz CT molecular complexity index is 1050. The highest BCUT2D eigenvalue weighted by Gasteiger charge is 2.22. The van der Waals surface area contributed by atoms with E-state index < -0.39 is 0 Å². The number of likely N-dealkylation sites (N-methyl/N-ethyl adjacent to an activating group) is 1. The molecule has 0 saturated carbocycles. The Balaban J connectivity index is 1.35. The summed E-state index contributed by atoms with van der Waals surface area (Å²) in [6.07, 6.45) is 9.48. The van der Waals surface area contributed by atoms with Crippen molar-refractivity contribution in [2.45, 2.75) is 25.4 Å². The van der Waals surface area contributed by atoms with Crippen LogP contribution in [0, 0.1) is 11.5 Å². The van der Waals surface area contributed by atoms with Crippen LogP contribution in [0.1, 0.15) is 24.1 Å². The smallest absolute Gasteiger partial charge is 0.230 e. The fourth-order valence-electron chi connectivity index (χ4n) is 3.86. The van der Waals surface area contributed by atoms with Gasteiger partial charge in [0.1, 0.15) is 22.7 Å². The zero-order chi connectivity index (χ0) is 22.5. The van der Waals surface area contributed by atoms with Crippen LogP contribution in [0.3, 0.4) is 0 Å². The van der Waals surface area contributed by atoms with E-state index in [0.717, 1.165) is 49.3 Å². The number of nitrogens with one attached hydrogen (secondary N) is 1. The summed E-state index contributed by atoms with van der Waals surface area (Å²) in [6, 6.07) is 5.44. The van der Waals surface area contributed by atoms with Crippen LogP contribution >= 0.6 is 11.6 Å². The number of nitriles is 1. The summed E-state index contributed by atoms with van der Waals surface area (Å²) in [5, 5.41) is 12.3. The summed E-state index contributed by atoms with van der Waals surface area (Å²) in [4.78, 5) is 25.1. The number of rotatable bonds is 6. The van der Waals surface area contributed by atoms with Crippen molar-refractivity contribution in [2.75, 3.05) is 38.5 Å². The molecule has 0 bridgehead atoms. The van der Waals surface area contributed by atoms with E-state index >= 15 is 0 Å². The van der Waals surface area contributed by atoms with Crippen molar-refractivity contribution in [3.05, 3.63) is 52.9 Å². The third-order valence-corrected chi connectivity index (χ3v) is 5.82. The van der Waals surface area contributed by atoms with E-state index in [1.807, 2.05) is 12.1 Å². The van der Waals surface area contributed by atoms with E-state index in [1.54, 1.807) is 17.2 Å². The summed E-state index contributed by atoms with van der Waals surface area (Å²) in [7, 11) is 2.05. The average molecular weight is 453 g/mol. The Hall–Kier alpha value is -3.15. The lowest BCUT2D eigenvalue weighted by molar-refractivity contribution is -0.115. The third-order valence-electron chi connectivity index (χ3n) is 5.54. The Labute approximate surface area is 192 Å². The van der Waals surface area contributed by atoms with Gasteiger partial charge in [-0.1, -0.05) is 23.7 Å². The van der Waals surface area contributed by atoms with Crippen LogP contribution in [0.25, 0.3) is 5.57 Å². The van der Waals surface area contributed by atoms with Crippen LogP contribution in [0.5, 0.6) is 5.75 Å². The highest BCUT2D eigenvalue weighted by molar-refractivity contribution is 6.32. The molecule has 2 aromatic heterocycles. The van der Waals surface area contributed by atoms with Gasteiger partial charge >= 0.3 is 0 Å². The van der Waals surface area contributed by atoms with Gasteiger partial charge in [-0.15, -0.1) is 0 Å². The second-order valence-electron chi connectivity index (χ2n) is 8.11. The standard InChI is InChI=1S/C23H25ClN6O2/c1-29-8-6-18(14-29)32-21-10-22(27-12-19(21)24)28-23(31)9-16-4-5-20(26-11-16)17-3-2-7-30(13-17)15-25/h3-5,10-12,18H,2,6-9,13-14H2,1H3,(H,27,28,31)/t18-/m0/s1. The molecular weight excluding hydrogens is 428 g/mol. The van der Waals surface area contributed by atoms with E-state index in [4.69, 9.17) is 21.6 Å². The van der Waals surface area contributed by atoms with Gasteiger partial charge in [-0.25, -0.2) is 4.98 Å². The first-order valence-electron chi connectivity index (χ1n) is 10.6. The number of halogens is 1. The summed E-state index contributed by atoms with van der Waals surface area (Å²) in [5.41, 5.74) is 2.65. The van der Waals surface area contributed by atoms with E-state index in [2.05, 4.69) is 39.5 Å². The number of ether oxygens (including phenoxy) is 1. The van der Waals surface area contributed by atoms with Gasteiger partial charge in [0, 0.05) is 31.9 Å². The van der Waals surface area contributed by atoms with E-state index in [-0.39, 0.29) is 18.4 Å². The first-order chi connectivity index (χ1) is 15.5. The van der Waals surface area contributed by atoms with Crippen LogP contribution in [0.2, 0.25) is 5.02 Å². The lowest BCUT2D eigenvalue weighted by Gasteiger charge is -2.21. The molecule has 9 heteroatoms. The number of anilines is 1. The number of pyridine rings is 2. The first kappa shape index (κ1) is 22.1. The van der Waals surface area contributed by atoms with Crippen LogP contribution in [-0.4, -0.2) is 65.0 Å². The predicted molar refractivity (Wildman–Crippen MR) is 122 cm³/mol. The van der Waals surface area contributed by atoms with Crippen molar-refractivity contribution in [1.82, 2.24) is 19.8 Å². The summed E-state index contributed by atoms with van der Waals surface area (Å²) >= 11 is 6.23. The Morgan fingerprint density at radius 2 is 2.22 bits per heavy atom. The molecule has 1 amide bonds. The van der Waals surface area contributed by atoms with Gasteiger partial charge in [-0.05, 0) is 37.1 Å². The molecule has 0 aliphatic carbocycles. The van der Waals surface area contributed by atoms with Crippen molar-refractivity contribution in [1.29, 1.82) is 5.26 Å². The van der Waals surface area contributed by atoms with Gasteiger partial charge in [0.25, 0.3) is 0 Å². The molecule has 1 N–H and O–H groups in total. The molecule has 1 fully saturated rings. The van der Waals surface area contributed by atoms with Crippen LogP contribution in [0.4, 0.5) is 5.82 Å². The number of likely N-dealkylation sites (tertiary alicyclic amines) is 1. The molecule has 0 radical (unpaired) electrons. The van der Waals surface area contributed by atoms with E-state index in [9.17, 15) is 4.79 Å². The monoisotopic (exact) mass is 452 g/mol. The molecule has 166 valence electrons. The molecule has 8 nitrogen and oxygen atoms in total. The number of amides is 1. The van der Waals surface area contributed by atoms with E-state index in [1.165, 1.54) is 6.20 Å². The molecule has 0 aromatic carbocycles. The van der Waals surface area contributed by atoms with Crippen molar-refractivity contribution in [3.8, 4) is 11.9 Å². The molecule has 2 aliphatic rings. The lowest BCUT2D eigenvalue weighted by Crippen LogP contribution is -2.24. The maximum atomic E-state index is 12.5. The zero-order valence-corrected chi connectivity index (χ0v) is 18.7. The topological polar surface area (TPSA) is 94.4 Å². The Morgan fingerprint density at radius 3 is 2.94 bits per heavy atom. The van der Waals surface area contributed by atoms with Crippen LogP contribution < -0.4 is 10.1 Å². The van der Waals surface area contributed by atoms with Crippen molar-refractivity contribution in [3.63, 3.8) is 0 Å². The molecule has 32 heavy (non-hydrogen) atoms. The number of carbonyl (C=O) groups excluding carboxylic acids is 1. The molecule has 1 atom stereocenters. The highest BCUT2D eigenvalue weighted by atomic mass is 35.5. The van der Waals surface area contributed by atoms with Crippen molar-refractivity contribution in [2.24, 2.45) is 0 Å². The minimum atomic E-state index is -0.201. The fraction of sp³-hybridized carbons (Fsp3) is 0.391. The van der Waals surface area contributed by atoms with Gasteiger partial charge < -0.3 is 19.9 Å². The normalized spacial score (nSPS) is 18.7. The molecule has 4 rings (SSSR count). The van der Waals surface area contributed by atoms with Crippen molar-refractivity contribution < 1.29 is 9.53 Å². The average Bonchev–Trinajstić information content (AvgIpc) is 3.21. The maximum absolute atomic E-state index is 12.5. The molecule has 0 unspecified atom stereocenters. The number of aromatic nitrogens is 2. The molecule has 1 saturated heterocycles. The predicted octanol–water partition coefficient (Wildman–Crippen LogP) is 2.96. The largest absolute Gasteiger partial charge is 0.487 e. The first-order valence-corrected chi connectivity index (χ1v) is 11.0. The molecular formula is C23H25ClN6O2. The highest BCUT2D eigenvalue weighted by Crippen LogP contribution is 2.28. The summed E-state index contributed by atoms with van der Waals surface area (Å²) in [6.45, 7) is 3.13. The van der Waals surface area contributed by atoms with Crippen LogP contribution in [0.15, 0.2) is 36.7 Å². The molecule has 2 aromatic rings. The van der Waals surface area contributed by atoms with Gasteiger partial charge in [0.15, 0.2) is 6.19 Å². The second-order valence-corrected chi connectivity index (χ2v) is 8.51. The number of nitrogens with zero attached hydrogens (tertiary/aromatic N) is 5. The van der Waals surface area contributed by atoms with Crippen molar-refractivity contribution >= 4 is 28.9 Å². The number of carbonyl (C=O) groups is 1. The maximum Gasteiger partial charge on any atom is 0.230 e. The SMILES string of the molecule is CN1CC[C@H](Oc2cc(NC(=O)Cc3ccc(C4=CCCN(C#N)C4)nc3)ncc2Cl)C1. The third kappa shape index (κ3) is 5.55. The van der Waals surface area contributed by atoms with Gasteiger partial charge in [0.2, 0.25) is 5.91 Å². The van der Waals surface area contributed by atoms with Gasteiger partial charge in [0.05, 0.1) is 24.9 Å². The molecule has 0 spiro atoms. The quantitative estimate of drug-likeness (QED) is 0.673. The van der Waals surface area contributed by atoms with Gasteiger partial charge in [-0.2, -0.15) is 5.26 Å². The molecule has 2 aliphatic heterocycles. The Morgan fingerprint density at radius 1 is 1.34 bits per heavy atom. The lowest BCUT2D eigenvalue weighted by atomic mass is 10.1. The zero-order valence-electron chi connectivity index (χ0n) is 17.9. The number of hydrogen-bond acceptors (Lipinski definition) is 7. The number of hydrogen-bond donors (Lipinski definition) is 1. The molecule has 4 heterocycles. The second kappa shape index (κ2) is 9.98. The van der Waals surface area contributed by atoms with Gasteiger partial charge in [-0.3, -0.25) is 9.78 Å². The van der Waals surface area contributed by atoms with E-state index in [0.29, 0.717) is 23.1 Å². The Kier molecular flexibility index (Phi) is 6.88.